The lowest BCUT2D eigenvalue weighted by Gasteiger charge is -2.13. The van der Waals surface area contributed by atoms with Crippen LogP contribution in [0.5, 0.6) is 0 Å². The van der Waals surface area contributed by atoms with Gasteiger partial charge < -0.3 is 5.73 Å². The number of hydrogen-bond donors (Lipinski definition) is 1. The third kappa shape index (κ3) is 3.52. The summed E-state index contributed by atoms with van der Waals surface area (Å²) in [7, 11) is -1.06. The predicted octanol–water partition coefficient (Wildman–Crippen LogP) is 3.11. The van der Waals surface area contributed by atoms with Crippen LogP contribution in [-0.4, -0.2) is 9.96 Å². The van der Waals surface area contributed by atoms with Crippen molar-refractivity contribution in [1.29, 1.82) is 0 Å². The zero-order valence-electron chi connectivity index (χ0n) is 11.3. The summed E-state index contributed by atoms with van der Waals surface area (Å²) >= 11 is 0. The van der Waals surface area contributed by atoms with Crippen LogP contribution in [0.15, 0.2) is 53.4 Å². The minimum Gasteiger partial charge on any atom is -0.323 e. The summed E-state index contributed by atoms with van der Waals surface area (Å²) in [4.78, 5) is 0.895. The van der Waals surface area contributed by atoms with E-state index in [1.165, 1.54) is 0 Å². The number of nitrogens with two attached hydrogens (primary N) is 1. The molecule has 0 aromatic heterocycles. The van der Waals surface area contributed by atoms with Gasteiger partial charge in [-0.25, -0.2) is 0 Å². The maximum absolute atomic E-state index is 12.4. The largest absolute Gasteiger partial charge is 0.323 e. The lowest BCUT2D eigenvalue weighted by atomic mass is 10.1. The van der Waals surface area contributed by atoms with Crippen LogP contribution in [-0.2, 0) is 10.8 Å². The van der Waals surface area contributed by atoms with Gasteiger partial charge in [0.15, 0.2) is 0 Å². The minimum atomic E-state index is -1.06. The molecule has 0 fully saturated rings. The molecule has 0 aliphatic heterocycles. The van der Waals surface area contributed by atoms with Crippen LogP contribution in [0.25, 0.3) is 0 Å². The van der Waals surface area contributed by atoms with Crippen LogP contribution in [0, 0.1) is 13.8 Å². The first kappa shape index (κ1) is 14.0. The van der Waals surface area contributed by atoms with Gasteiger partial charge in [-0.2, -0.15) is 0 Å². The molecular formula is C16H19NOS. The molecule has 2 N–H and O–H groups in total. The molecule has 100 valence electrons. The van der Waals surface area contributed by atoms with Crippen molar-refractivity contribution in [2.45, 2.75) is 24.8 Å². The molecule has 0 bridgehead atoms. The zero-order valence-corrected chi connectivity index (χ0v) is 12.1. The van der Waals surface area contributed by atoms with Gasteiger partial charge in [0.1, 0.15) is 0 Å². The van der Waals surface area contributed by atoms with Crippen molar-refractivity contribution in [2.24, 2.45) is 5.73 Å². The molecule has 2 atom stereocenters. The SMILES string of the molecule is Cc1ccc(C)c(S(=O)CC(N)c2ccccc2)c1. The van der Waals surface area contributed by atoms with Crippen LogP contribution >= 0.6 is 0 Å². The Bertz CT molecular complexity index is 581. The summed E-state index contributed by atoms with van der Waals surface area (Å²) in [5.41, 5.74) is 9.34. The monoisotopic (exact) mass is 273 g/mol. The highest BCUT2D eigenvalue weighted by atomic mass is 32.2. The summed E-state index contributed by atoms with van der Waals surface area (Å²) in [5.74, 6) is 0.453. The fourth-order valence-electron chi connectivity index (χ4n) is 2.00. The van der Waals surface area contributed by atoms with E-state index in [1.807, 2.05) is 62.4 Å². The maximum atomic E-state index is 12.4. The first-order valence-electron chi connectivity index (χ1n) is 6.34. The Morgan fingerprint density at radius 2 is 1.79 bits per heavy atom. The smallest absolute Gasteiger partial charge is 0.0551 e. The Morgan fingerprint density at radius 1 is 1.11 bits per heavy atom. The van der Waals surface area contributed by atoms with Gasteiger partial charge >= 0.3 is 0 Å². The van der Waals surface area contributed by atoms with Crippen molar-refractivity contribution < 1.29 is 4.21 Å². The van der Waals surface area contributed by atoms with E-state index in [1.54, 1.807) is 0 Å². The molecule has 2 nitrogen and oxygen atoms in total. The maximum Gasteiger partial charge on any atom is 0.0551 e. The van der Waals surface area contributed by atoms with Crippen molar-refractivity contribution in [2.75, 3.05) is 5.75 Å². The third-order valence-corrected chi connectivity index (χ3v) is 4.74. The highest BCUT2D eigenvalue weighted by Crippen LogP contribution is 2.19. The van der Waals surface area contributed by atoms with Crippen molar-refractivity contribution in [3.63, 3.8) is 0 Å². The Balaban J connectivity index is 2.15. The molecule has 0 radical (unpaired) electrons. The topological polar surface area (TPSA) is 43.1 Å². The molecule has 0 amide bonds. The van der Waals surface area contributed by atoms with E-state index in [4.69, 9.17) is 5.73 Å². The molecule has 2 aromatic carbocycles. The van der Waals surface area contributed by atoms with E-state index in [0.29, 0.717) is 5.75 Å². The zero-order chi connectivity index (χ0) is 13.8. The van der Waals surface area contributed by atoms with Gasteiger partial charge in [0.2, 0.25) is 0 Å². The van der Waals surface area contributed by atoms with E-state index in [-0.39, 0.29) is 6.04 Å². The molecule has 0 spiro atoms. The molecule has 19 heavy (non-hydrogen) atoms. The van der Waals surface area contributed by atoms with Gasteiger partial charge in [-0.15, -0.1) is 0 Å². The highest BCUT2D eigenvalue weighted by molar-refractivity contribution is 7.85. The molecule has 2 rings (SSSR count). The highest BCUT2D eigenvalue weighted by Gasteiger charge is 2.13. The van der Waals surface area contributed by atoms with Crippen molar-refractivity contribution in [1.82, 2.24) is 0 Å². The molecule has 2 aromatic rings. The Hall–Kier alpha value is -1.45. The molecule has 0 aliphatic rings. The fourth-order valence-corrected chi connectivity index (χ4v) is 3.44. The van der Waals surface area contributed by atoms with Crippen LogP contribution < -0.4 is 5.73 Å². The average molecular weight is 273 g/mol. The Kier molecular flexibility index (Phi) is 4.51. The second-order valence-corrected chi connectivity index (χ2v) is 6.26. The second kappa shape index (κ2) is 6.13. The normalized spacial score (nSPS) is 14.1. The van der Waals surface area contributed by atoms with Gasteiger partial charge in [0.25, 0.3) is 0 Å². The molecule has 0 saturated carbocycles. The summed E-state index contributed by atoms with van der Waals surface area (Å²) in [6, 6.07) is 15.7. The van der Waals surface area contributed by atoms with Crippen LogP contribution in [0.2, 0.25) is 0 Å². The van der Waals surface area contributed by atoms with E-state index in [2.05, 4.69) is 0 Å². The lowest BCUT2D eigenvalue weighted by molar-refractivity contribution is 0.674. The summed E-state index contributed by atoms with van der Waals surface area (Å²) in [5, 5.41) is 0. The van der Waals surface area contributed by atoms with Gasteiger partial charge in [0.05, 0.1) is 10.8 Å². The van der Waals surface area contributed by atoms with Crippen LogP contribution in [0.4, 0.5) is 0 Å². The Morgan fingerprint density at radius 3 is 2.47 bits per heavy atom. The third-order valence-electron chi connectivity index (χ3n) is 3.15. The van der Waals surface area contributed by atoms with Crippen LogP contribution in [0.3, 0.4) is 0 Å². The first-order valence-corrected chi connectivity index (χ1v) is 7.66. The van der Waals surface area contributed by atoms with E-state index in [9.17, 15) is 4.21 Å². The molecular weight excluding hydrogens is 254 g/mol. The molecule has 0 saturated heterocycles. The number of hydrogen-bond acceptors (Lipinski definition) is 2. The number of rotatable bonds is 4. The summed E-state index contributed by atoms with van der Waals surface area (Å²) in [6.45, 7) is 4.00. The quantitative estimate of drug-likeness (QED) is 0.930. The first-order chi connectivity index (χ1) is 9.08. The Labute approximate surface area is 117 Å². The van der Waals surface area contributed by atoms with Gasteiger partial charge in [-0.1, -0.05) is 42.5 Å². The molecule has 0 heterocycles. The molecule has 0 aliphatic carbocycles. The predicted molar refractivity (Wildman–Crippen MR) is 80.6 cm³/mol. The fraction of sp³-hybridized carbons (Fsp3) is 0.250. The summed E-state index contributed by atoms with van der Waals surface area (Å²) in [6.07, 6.45) is 0. The van der Waals surface area contributed by atoms with Crippen LogP contribution in [0.1, 0.15) is 22.7 Å². The van der Waals surface area contributed by atoms with Crippen molar-refractivity contribution in [3.05, 3.63) is 65.2 Å². The number of benzene rings is 2. The van der Waals surface area contributed by atoms with Crippen molar-refractivity contribution >= 4 is 10.8 Å². The van der Waals surface area contributed by atoms with Crippen molar-refractivity contribution in [3.8, 4) is 0 Å². The van der Waals surface area contributed by atoms with Gasteiger partial charge in [-0.05, 0) is 36.6 Å². The lowest BCUT2D eigenvalue weighted by Crippen LogP contribution is -2.18. The molecule has 2 unspecified atom stereocenters. The second-order valence-electron chi connectivity index (χ2n) is 4.80. The minimum absolute atomic E-state index is 0.193. The van der Waals surface area contributed by atoms with E-state index < -0.39 is 10.8 Å². The van der Waals surface area contributed by atoms with Gasteiger partial charge in [0, 0.05) is 16.7 Å². The van der Waals surface area contributed by atoms with E-state index >= 15 is 0 Å². The van der Waals surface area contributed by atoms with Gasteiger partial charge in [-0.3, -0.25) is 4.21 Å². The summed E-state index contributed by atoms with van der Waals surface area (Å²) < 4.78 is 12.4. The van der Waals surface area contributed by atoms with E-state index in [0.717, 1.165) is 21.6 Å². The average Bonchev–Trinajstić information content (AvgIpc) is 2.42. The standard InChI is InChI=1S/C16H19NOS/c1-12-8-9-13(2)16(10-12)19(18)11-15(17)14-6-4-3-5-7-14/h3-10,15H,11,17H2,1-2H3. The molecule has 3 heteroatoms. The number of aryl methyl sites for hydroxylation is 2.